The summed E-state index contributed by atoms with van der Waals surface area (Å²) in [6, 6.07) is 0. The van der Waals surface area contributed by atoms with Gasteiger partial charge in [0.05, 0.1) is 18.6 Å². The molecule has 0 bridgehead atoms. The minimum absolute atomic E-state index is 0.0887. The smallest absolute Gasteiger partial charge is 0.371 e. The average Bonchev–Trinajstić information content (AvgIpc) is 3.32. The summed E-state index contributed by atoms with van der Waals surface area (Å²) in [6.45, 7) is 10.2. The van der Waals surface area contributed by atoms with Gasteiger partial charge in [0, 0.05) is 26.7 Å². The van der Waals surface area contributed by atoms with Crippen LogP contribution in [0.3, 0.4) is 0 Å². The number of likely N-dealkylation sites (tertiary alicyclic amines) is 2. The molecule has 2 saturated heterocycles. The number of hydrogen-bond acceptors (Lipinski definition) is 8. The van der Waals surface area contributed by atoms with Crippen LogP contribution in [0.2, 0.25) is 0 Å². The number of piperidine rings is 1. The van der Waals surface area contributed by atoms with Gasteiger partial charge in [-0.3, -0.25) is 9.69 Å². The molecule has 0 aromatic carbocycles. The lowest BCUT2D eigenvalue weighted by Crippen LogP contribution is -2.71. The third kappa shape index (κ3) is 6.27. The molecule has 190 valence electrons. The second-order valence-electron chi connectivity index (χ2n) is 10.5. The van der Waals surface area contributed by atoms with Gasteiger partial charge >= 0.3 is 11.9 Å². The number of nitrogens with zero attached hydrogens (tertiary/aromatic N) is 2. The fraction of sp³-hybridized carbons (Fsp3) is 0.920. The first-order valence-electron chi connectivity index (χ1n) is 12.8. The normalized spacial score (nSPS) is 29.4. The van der Waals surface area contributed by atoms with Crippen molar-refractivity contribution in [3.8, 4) is 0 Å². The molecule has 2 unspecified atom stereocenters. The van der Waals surface area contributed by atoms with Gasteiger partial charge in [-0.15, -0.1) is 0 Å². The molecule has 0 spiro atoms. The van der Waals surface area contributed by atoms with E-state index in [2.05, 4.69) is 9.80 Å². The van der Waals surface area contributed by atoms with Gasteiger partial charge in [-0.1, -0.05) is 0 Å². The summed E-state index contributed by atoms with van der Waals surface area (Å²) in [4.78, 5) is 30.5. The molecule has 33 heavy (non-hydrogen) atoms. The van der Waals surface area contributed by atoms with Gasteiger partial charge in [0.2, 0.25) is 0 Å². The van der Waals surface area contributed by atoms with Crippen molar-refractivity contribution in [2.24, 2.45) is 5.92 Å². The third-order valence-corrected chi connectivity index (χ3v) is 6.93. The fourth-order valence-corrected chi connectivity index (χ4v) is 5.38. The van der Waals surface area contributed by atoms with Crippen LogP contribution in [0.5, 0.6) is 0 Å². The van der Waals surface area contributed by atoms with E-state index in [1.165, 1.54) is 0 Å². The molecule has 0 aromatic rings. The molecule has 1 aliphatic carbocycles. The van der Waals surface area contributed by atoms with Crippen molar-refractivity contribution >= 4 is 11.9 Å². The highest BCUT2D eigenvalue weighted by Gasteiger charge is 2.57. The van der Waals surface area contributed by atoms with Gasteiger partial charge in [0.1, 0.15) is 11.8 Å². The van der Waals surface area contributed by atoms with E-state index >= 15 is 0 Å². The number of rotatable bonds is 8. The molecule has 3 fully saturated rings. The predicted molar refractivity (Wildman–Crippen MR) is 124 cm³/mol. The second-order valence-corrected chi connectivity index (χ2v) is 10.5. The maximum atomic E-state index is 14.0. The van der Waals surface area contributed by atoms with E-state index in [0.717, 1.165) is 45.2 Å². The summed E-state index contributed by atoms with van der Waals surface area (Å²) in [7, 11) is 1.71. The highest BCUT2D eigenvalue weighted by molar-refractivity contribution is 5.79. The van der Waals surface area contributed by atoms with E-state index in [-0.39, 0.29) is 30.2 Å². The Kier molecular flexibility index (Phi) is 9.17. The quantitative estimate of drug-likeness (QED) is 0.500. The fourth-order valence-electron chi connectivity index (χ4n) is 5.38. The van der Waals surface area contributed by atoms with Crippen molar-refractivity contribution in [3.05, 3.63) is 0 Å². The number of carbonyl (C=O) groups is 2. The Bertz CT molecular complexity index is 652. The van der Waals surface area contributed by atoms with Crippen molar-refractivity contribution in [2.45, 2.75) is 109 Å². The molecule has 0 amide bonds. The van der Waals surface area contributed by atoms with Crippen LogP contribution < -0.4 is 0 Å². The first kappa shape index (κ1) is 26.4. The van der Waals surface area contributed by atoms with Crippen LogP contribution in [-0.4, -0.2) is 78.9 Å². The van der Waals surface area contributed by atoms with Crippen molar-refractivity contribution in [3.63, 3.8) is 0 Å². The standard InChI is InChI=1S/C25H44N2O6/c1-6-31-22(28)19-12-14-20(15-13-19)32-25(26-16-9-10-17-26,23(29)33-24(2,3)4)27-18-8-7-11-21(27)30-5/h19-21H,6-18H2,1-5H3. The molecule has 2 atom stereocenters. The van der Waals surface area contributed by atoms with Crippen LogP contribution in [-0.2, 0) is 28.5 Å². The lowest BCUT2D eigenvalue weighted by atomic mass is 9.87. The molecule has 8 heteroatoms. The maximum absolute atomic E-state index is 14.0. The van der Waals surface area contributed by atoms with Crippen molar-refractivity contribution in [1.82, 2.24) is 9.80 Å². The Morgan fingerprint density at radius 1 is 0.909 bits per heavy atom. The van der Waals surface area contributed by atoms with E-state index < -0.39 is 11.4 Å². The highest BCUT2D eigenvalue weighted by atomic mass is 16.6. The van der Waals surface area contributed by atoms with E-state index in [9.17, 15) is 9.59 Å². The summed E-state index contributed by atoms with van der Waals surface area (Å²) in [6.07, 6.45) is 7.45. The van der Waals surface area contributed by atoms with Crippen molar-refractivity contribution < 1.29 is 28.5 Å². The lowest BCUT2D eigenvalue weighted by Gasteiger charge is -2.52. The van der Waals surface area contributed by atoms with E-state index in [0.29, 0.717) is 38.8 Å². The Hall–Kier alpha value is -1.22. The topological polar surface area (TPSA) is 77.5 Å². The number of ether oxygens (including phenoxy) is 4. The highest BCUT2D eigenvalue weighted by Crippen LogP contribution is 2.39. The van der Waals surface area contributed by atoms with Gasteiger partial charge in [-0.25, -0.2) is 9.69 Å². The van der Waals surface area contributed by atoms with Gasteiger partial charge < -0.3 is 18.9 Å². The van der Waals surface area contributed by atoms with Crippen LogP contribution in [0.4, 0.5) is 0 Å². The largest absolute Gasteiger partial charge is 0.466 e. The summed E-state index contributed by atoms with van der Waals surface area (Å²) < 4.78 is 24.0. The van der Waals surface area contributed by atoms with E-state index in [1.54, 1.807) is 7.11 Å². The zero-order chi connectivity index (χ0) is 24.1. The number of esters is 2. The minimum Gasteiger partial charge on any atom is -0.466 e. The zero-order valence-electron chi connectivity index (χ0n) is 21.3. The number of methoxy groups -OCH3 is 1. The monoisotopic (exact) mass is 468 g/mol. The third-order valence-electron chi connectivity index (χ3n) is 6.93. The predicted octanol–water partition coefficient (Wildman–Crippen LogP) is 3.67. The van der Waals surface area contributed by atoms with Crippen LogP contribution in [0, 0.1) is 5.92 Å². The molecular formula is C25H44N2O6. The zero-order valence-corrected chi connectivity index (χ0v) is 21.3. The Labute approximate surface area is 199 Å². The van der Waals surface area contributed by atoms with E-state index in [4.69, 9.17) is 18.9 Å². The average molecular weight is 469 g/mol. The summed E-state index contributed by atoms with van der Waals surface area (Å²) >= 11 is 0. The van der Waals surface area contributed by atoms with Crippen LogP contribution in [0.25, 0.3) is 0 Å². The molecule has 0 radical (unpaired) electrons. The van der Waals surface area contributed by atoms with Crippen LogP contribution in [0.1, 0.15) is 85.5 Å². The first-order valence-corrected chi connectivity index (χ1v) is 12.8. The minimum atomic E-state index is -1.31. The molecule has 0 N–H and O–H groups in total. The Morgan fingerprint density at radius 3 is 2.12 bits per heavy atom. The number of carbonyl (C=O) groups excluding carboxylic acids is 2. The molecule has 2 heterocycles. The summed E-state index contributed by atoms with van der Waals surface area (Å²) in [5.41, 5.74) is -0.634. The van der Waals surface area contributed by atoms with Gasteiger partial charge in [-0.05, 0) is 85.5 Å². The lowest BCUT2D eigenvalue weighted by molar-refractivity contribution is -0.306. The van der Waals surface area contributed by atoms with E-state index in [1.807, 2.05) is 27.7 Å². The number of hydrogen-bond donors (Lipinski definition) is 0. The van der Waals surface area contributed by atoms with Crippen LogP contribution in [0.15, 0.2) is 0 Å². The SMILES string of the molecule is CCOC(=O)C1CCC(OC(C(=O)OC(C)(C)C)(N2CCCC2)N2CCCCC2OC)CC1. The molecule has 1 saturated carbocycles. The van der Waals surface area contributed by atoms with Gasteiger partial charge in [0.25, 0.3) is 5.85 Å². The molecule has 0 aromatic heterocycles. The van der Waals surface area contributed by atoms with Gasteiger partial charge in [-0.2, -0.15) is 0 Å². The Balaban J connectivity index is 1.90. The molecule has 8 nitrogen and oxygen atoms in total. The molecular weight excluding hydrogens is 424 g/mol. The van der Waals surface area contributed by atoms with Crippen molar-refractivity contribution in [2.75, 3.05) is 33.4 Å². The van der Waals surface area contributed by atoms with Crippen molar-refractivity contribution in [1.29, 1.82) is 0 Å². The first-order chi connectivity index (χ1) is 15.7. The summed E-state index contributed by atoms with van der Waals surface area (Å²) in [5.74, 6) is -1.88. The molecule has 2 aliphatic heterocycles. The summed E-state index contributed by atoms with van der Waals surface area (Å²) in [5, 5.41) is 0. The molecule has 3 rings (SSSR count). The second kappa shape index (κ2) is 11.5. The molecule has 3 aliphatic rings. The maximum Gasteiger partial charge on any atom is 0.371 e. The Morgan fingerprint density at radius 2 is 1.55 bits per heavy atom. The van der Waals surface area contributed by atoms with Crippen LogP contribution >= 0.6 is 0 Å². The van der Waals surface area contributed by atoms with Gasteiger partial charge in [0.15, 0.2) is 0 Å².